The predicted octanol–water partition coefficient (Wildman–Crippen LogP) is 2.53. The molecule has 0 spiro atoms. The van der Waals surface area contributed by atoms with Crippen LogP contribution in [0.2, 0.25) is 0 Å². The number of hydrogen-bond donors (Lipinski definition) is 0. The number of thioether (sulfide) groups is 1. The minimum absolute atomic E-state index is 0.104. The Kier molecular flexibility index (Phi) is 5.93. The Balaban J connectivity index is 2.17. The molecule has 0 unspecified atom stereocenters. The first-order valence-electron chi connectivity index (χ1n) is 5.01. The molecule has 0 aliphatic heterocycles. The topological polar surface area (TPSA) is 26.3 Å². The third kappa shape index (κ3) is 5.47. The molecule has 0 aliphatic carbocycles. The Hall–Kier alpha value is -0.960. The number of ether oxygens (including phenoxy) is 1. The highest BCUT2D eigenvalue weighted by Crippen LogP contribution is 2.03. The molecule has 0 N–H and O–H groups in total. The van der Waals surface area contributed by atoms with Crippen molar-refractivity contribution in [2.45, 2.75) is 12.8 Å². The van der Waals surface area contributed by atoms with E-state index in [-0.39, 0.29) is 5.97 Å². The Morgan fingerprint density at radius 2 is 2.07 bits per heavy atom. The first kappa shape index (κ1) is 12.1. The third-order valence-corrected chi connectivity index (χ3v) is 2.59. The minimum atomic E-state index is -0.104. The van der Waals surface area contributed by atoms with Crippen molar-refractivity contribution in [1.82, 2.24) is 0 Å². The highest BCUT2D eigenvalue weighted by atomic mass is 32.2. The fourth-order valence-electron chi connectivity index (χ4n) is 1.20. The number of carbonyl (C=O) groups excluding carboxylic acids is 1. The summed E-state index contributed by atoms with van der Waals surface area (Å²) < 4.78 is 5.04. The van der Waals surface area contributed by atoms with Crippen LogP contribution in [0.1, 0.15) is 12.0 Å². The van der Waals surface area contributed by atoms with Crippen molar-refractivity contribution in [3.8, 4) is 0 Å². The van der Waals surface area contributed by atoms with Gasteiger partial charge in [-0.05, 0) is 18.2 Å². The zero-order chi connectivity index (χ0) is 10.9. The molecule has 0 saturated heterocycles. The second kappa shape index (κ2) is 7.35. The van der Waals surface area contributed by atoms with Crippen molar-refractivity contribution < 1.29 is 9.53 Å². The second-order valence-corrected chi connectivity index (χ2v) is 4.18. The lowest BCUT2D eigenvalue weighted by Crippen LogP contribution is -2.08. The molecule has 0 fully saturated rings. The van der Waals surface area contributed by atoms with Crippen LogP contribution in [0.4, 0.5) is 0 Å². The maximum absolute atomic E-state index is 11.3. The Morgan fingerprint density at radius 1 is 1.33 bits per heavy atom. The van der Waals surface area contributed by atoms with E-state index in [0.29, 0.717) is 13.0 Å². The minimum Gasteiger partial charge on any atom is -0.465 e. The van der Waals surface area contributed by atoms with E-state index in [1.165, 1.54) is 5.56 Å². The van der Waals surface area contributed by atoms with Gasteiger partial charge in [-0.1, -0.05) is 30.3 Å². The molecule has 1 aromatic carbocycles. The fourth-order valence-corrected chi connectivity index (χ4v) is 1.45. The van der Waals surface area contributed by atoms with Crippen LogP contribution in [0.3, 0.4) is 0 Å². The summed E-state index contributed by atoms with van der Waals surface area (Å²) in [5.74, 6) is 0.768. The van der Waals surface area contributed by atoms with E-state index in [0.717, 1.165) is 12.2 Å². The van der Waals surface area contributed by atoms with Gasteiger partial charge in [0.2, 0.25) is 0 Å². The molecule has 0 saturated carbocycles. The molecular formula is C12H16O2S. The van der Waals surface area contributed by atoms with E-state index in [2.05, 4.69) is 0 Å². The van der Waals surface area contributed by atoms with Crippen molar-refractivity contribution in [3.63, 3.8) is 0 Å². The van der Waals surface area contributed by atoms with Crippen LogP contribution in [-0.4, -0.2) is 24.6 Å². The summed E-state index contributed by atoms with van der Waals surface area (Å²) in [6, 6.07) is 9.98. The van der Waals surface area contributed by atoms with Crippen molar-refractivity contribution in [1.29, 1.82) is 0 Å². The van der Waals surface area contributed by atoms with Gasteiger partial charge in [-0.2, -0.15) is 11.8 Å². The van der Waals surface area contributed by atoms with Gasteiger partial charge in [0.1, 0.15) is 6.61 Å². The Morgan fingerprint density at radius 3 is 2.73 bits per heavy atom. The van der Waals surface area contributed by atoms with E-state index in [1.807, 2.05) is 36.6 Å². The van der Waals surface area contributed by atoms with Crippen molar-refractivity contribution in [2.75, 3.05) is 18.6 Å². The average Bonchev–Trinajstić information content (AvgIpc) is 2.28. The van der Waals surface area contributed by atoms with E-state index in [9.17, 15) is 4.79 Å². The van der Waals surface area contributed by atoms with Gasteiger partial charge < -0.3 is 4.74 Å². The van der Waals surface area contributed by atoms with Gasteiger partial charge in [-0.3, -0.25) is 4.79 Å². The van der Waals surface area contributed by atoms with E-state index < -0.39 is 0 Å². The molecule has 82 valence electrons. The highest BCUT2D eigenvalue weighted by molar-refractivity contribution is 7.98. The standard InChI is InChI=1S/C12H16O2S/c1-15-10-9-14-12(13)8-7-11-5-3-2-4-6-11/h2-6H,7-10H2,1H3. The quantitative estimate of drug-likeness (QED) is 0.548. The third-order valence-electron chi connectivity index (χ3n) is 2.01. The molecule has 0 aliphatic rings. The summed E-state index contributed by atoms with van der Waals surface area (Å²) in [5, 5.41) is 0. The summed E-state index contributed by atoms with van der Waals surface area (Å²) in [4.78, 5) is 11.3. The zero-order valence-electron chi connectivity index (χ0n) is 8.94. The molecule has 0 radical (unpaired) electrons. The van der Waals surface area contributed by atoms with Crippen LogP contribution in [0.25, 0.3) is 0 Å². The maximum atomic E-state index is 11.3. The van der Waals surface area contributed by atoms with E-state index in [4.69, 9.17) is 4.74 Å². The summed E-state index contributed by atoms with van der Waals surface area (Å²) in [5.41, 5.74) is 1.18. The molecule has 2 nitrogen and oxygen atoms in total. The first-order valence-corrected chi connectivity index (χ1v) is 6.41. The number of benzene rings is 1. The Labute approximate surface area is 95.0 Å². The fraction of sp³-hybridized carbons (Fsp3) is 0.417. The summed E-state index contributed by atoms with van der Waals surface area (Å²) in [6.45, 7) is 0.523. The van der Waals surface area contributed by atoms with Gasteiger partial charge in [0.05, 0.1) is 0 Å². The van der Waals surface area contributed by atoms with Crippen LogP contribution in [0, 0.1) is 0 Å². The van der Waals surface area contributed by atoms with E-state index >= 15 is 0 Å². The Bertz CT molecular complexity index is 285. The largest absolute Gasteiger partial charge is 0.465 e. The average molecular weight is 224 g/mol. The van der Waals surface area contributed by atoms with Gasteiger partial charge in [0.25, 0.3) is 0 Å². The maximum Gasteiger partial charge on any atom is 0.306 e. The monoisotopic (exact) mass is 224 g/mol. The number of rotatable bonds is 6. The predicted molar refractivity (Wildman–Crippen MR) is 64.1 cm³/mol. The highest BCUT2D eigenvalue weighted by Gasteiger charge is 2.02. The normalized spacial score (nSPS) is 9.93. The first-order chi connectivity index (χ1) is 7.33. The van der Waals surface area contributed by atoms with Gasteiger partial charge in [-0.15, -0.1) is 0 Å². The number of carbonyl (C=O) groups is 1. The van der Waals surface area contributed by atoms with Gasteiger partial charge in [0, 0.05) is 12.2 Å². The molecular weight excluding hydrogens is 208 g/mol. The second-order valence-electron chi connectivity index (χ2n) is 3.20. The van der Waals surface area contributed by atoms with Gasteiger partial charge in [0.15, 0.2) is 0 Å². The van der Waals surface area contributed by atoms with Crippen molar-refractivity contribution in [2.24, 2.45) is 0 Å². The molecule has 0 aromatic heterocycles. The number of hydrogen-bond acceptors (Lipinski definition) is 3. The molecule has 0 atom stereocenters. The molecule has 15 heavy (non-hydrogen) atoms. The summed E-state index contributed by atoms with van der Waals surface area (Å²) in [7, 11) is 0. The lowest BCUT2D eigenvalue weighted by Gasteiger charge is -2.03. The zero-order valence-corrected chi connectivity index (χ0v) is 9.76. The summed E-state index contributed by atoms with van der Waals surface area (Å²) in [6.07, 6.45) is 3.23. The van der Waals surface area contributed by atoms with Gasteiger partial charge in [-0.25, -0.2) is 0 Å². The molecule has 1 aromatic rings. The molecule has 3 heteroatoms. The number of esters is 1. The molecule has 0 heterocycles. The smallest absolute Gasteiger partial charge is 0.306 e. The molecule has 1 rings (SSSR count). The molecule has 0 bridgehead atoms. The van der Waals surface area contributed by atoms with Crippen LogP contribution in [0.5, 0.6) is 0 Å². The van der Waals surface area contributed by atoms with Gasteiger partial charge >= 0.3 is 5.97 Å². The van der Waals surface area contributed by atoms with Crippen LogP contribution < -0.4 is 0 Å². The van der Waals surface area contributed by atoms with Crippen LogP contribution in [0.15, 0.2) is 30.3 Å². The van der Waals surface area contributed by atoms with Crippen LogP contribution in [-0.2, 0) is 16.0 Å². The lowest BCUT2D eigenvalue weighted by molar-refractivity contribution is -0.142. The van der Waals surface area contributed by atoms with Crippen LogP contribution >= 0.6 is 11.8 Å². The summed E-state index contributed by atoms with van der Waals surface area (Å²) >= 11 is 1.68. The lowest BCUT2D eigenvalue weighted by atomic mass is 10.1. The van der Waals surface area contributed by atoms with Crippen molar-refractivity contribution >= 4 is 17.7 Å². The number of aryl methyl sites for hydroxylation is 1. The van der Waals surface area contributed by atoms with Crippen molar-refractivity contribution in [3.05, 3.63) is 35.9 Å². The molecule has 0 amide bonds. The van der Waals surface area contributed by atoms with E-state index in [1.54, 1.807) is 11.8 Å². The SMILES string of the molecule is CSCCOC(=O)CCc1ccccc1.